The van der Waals surface area contributed by atoms with Crippen LogP contribution < -0.4 is 21.5 Å². The fourth-order valence-electron chi connectivity index (χ4n) is 6.32. The highest BCUT2D eigenvalue weighted by Gasteiger charge is 2.20. The van der Waals surface area contributed by atoms with E-state index in [1.54, 1.807) is 60.4 Å². The number of hydrogen-bond acceptors (Lipinski definition) is 9. The first-order valence-electron chi connectivity index (χ1n) is 16.2. The number of nitrogens with zero attached hydrogens (tertiary/aromatic N) is 7. The lowest BCUT2D eigenvalue weighted by Crippen LogP contribution is -2.46. The van der Waals surface area contributed by atoms with E-state index in [9.17, 15) is 14.0 Å². The van der Waals surface area contributed by atoms with Crippen molar-refractivity contribution in [2.75, 3.05) is 36.4 Å². The number of carbonyl (C=O) groups excluding carboxylic acids is 1. The van der Waals surface area contributed by atoms with Gasteiger partial charge in [0.05, 0.1) is 0 Å². The molecule has 3 aromatic carbocycles. The first-order valence-corrected chi connectivity index (χ1v) is 16.2. The zero-order valence-electron chi connectivity index (χ0n) is 27.4. The number of nitrogens with one attached hydrogen (secondary N) is 2. The van der Waals surface area contributed by atoms with Crippen molar-refractivity contribution in [1.82, 2.24) is 29.2 Å². The van der Waals surface area contributed by atoms with Gasteiger partial charge in [0.25, 0.3) is 5.56 Å². The van der Waals surface area contributed by atoms with Crippen molar-refractivity contribution in [2.45, 2.75) is 13.0 Å². The number of aryl methyl sites for hydroxylation is 1. The highest BCUT2D eigenvalue weighted by Crippen LogP contribution is 2.23. The van der Waals surface area contributed by atoms with Crippen molar-refractivity contribution >= 4 is 40.0 Å². The molecule has 13 heteroatoms. The number of benzene rings is 3. The number of aromatic nitrogens is 5. The Labute approximate surface area is 287 Å². The van der Waals surface area contributed by atoms with Crippen LogP contribution in [0.1, 0.15) is 27.0 Å². The summed E-state index contributed by atoms with van der Waals surface area (Å²) in [6.45, 7) is 3.54. The number of nitrogens with two attached hydrogens (primary N) is 1. The van der Waals surface area contributed by atoms with Gasteiger partial charge >= 0.3 is 0 Å². The molecule has 0 saturated carbocycles. The average molecular weight is 671 g/mol. The summed E-state index contributed by atoms with van der Waals surface area (Å²) in [5.74, 6) is 0.0174. The molecular weight excluding hydrogens is 635 g/mol. The van der Waals surface area contributed by atoms with Gasteiger partial charge < -0.3 is 21.4 Å². The number of piperazine rings is 1. The summed E-state index contributed by atoms with van der Waals surface area (Å²) in [4.78, 5) is 42.6. The van der Waals surface area contributed by atoms with E-state index in [4.69, 9.17) is 11.1 Å². The molecule has 0 bridgehead atoms. The third-order valence-electron chi connectivity index (χ3n) is 8.93. The largest absolute Gasteiger partial charge is 0.369 e. The molecule has 7 rings (SSSR count). The van der Waals surface area contributed by atoms with Gasteiger partial charge in [-0.25, -0.2) is 14.4 Å². The van der Waals surface area contributed by atoms with Crippen LogP contribution in [0.3, 0.4) is 0 Å². The minimum Gasteiger partial charge on any atom is -0.369 e. The van der Waals surface area contributed by atoms with E-state index < -0.39 is 5.91 Å². The molecule has 1 amide bonds. The fraction of sp³-hybridized carbons (Fsp3) is 0.189. The van der Waals surface area contributed by atoms with Crippen LogP contribution in [0.25, 0.3) is 16.9 Å². The Kier molecular flexibility index (Phi) is 8.88. The maximum absolute atomic E-state index is 14.9. The lowest BCUT2D eigenvalue weighted by molar-refractivity contribution is 0.1000. The zero-order chi connectivity index (χ0) is 34.8. The summed E-state index contributed by atoms with van der Waals surface area (Å²) in [6.07, 6.45) is 3.42. The van der Waals surface area contributed by atoms with Gasteiger partial charge in [0.2, 0.25) is 11.9 Å². The summed E-state index contributed by atoms with van der Waals surface area (Å²) in [5, 5.41) is 12.2. The number of rotatable bonds is 10. The molecule has 0 radical (unpaired) electrons. The molecule has 4 N–H and O–H groups in total. The van der Waals surface area contributed by atoms with Crippen LogP contribution in [-0.4, -0.2) is 67.0 Å². The highest BCUT2D eigenvalue weighted by atomic mass is 19.1. The van der Waals surface area contributed by atoms with E-state index in [0.29, 0.717) is 46.0 Å². The Balaban J connectivity index is 0.962. The second kappa shape index (κ2) is 13.7. The minimum atomic E-state index is -0.580. The number of amides is 1. The summed E-state index contributed by atoms with van der Waals surface area (Å²) in [6, 6.07) is 25.1. The van der Waals surface area contributed by atoms with Crippen LogP contribution in [0.4, 0.5) is 21.7 Å². The molecule has 50 heavy (non-hydrogen) atoms. The number of pyridine rings is 1. The summed E-state index contributed by atoms with van der Waals surface area (Å²) >= 11 is 0. The molecule has 4 heterocycles. The van der Waals surface area contributed by atoms with Crippen LogP contribution in [0.2, 0.25) is 0 Å². The Morgan fingerprint density at radius 3 is 2.40 bits per heavy atom. The first-order chi connectivity index (χ1) is 24.2. The Bertz CT molecular complexity index is 2260. The van der Waals surface area contributed by atoms with Crippen LogP contribution in [0, 0.1) is 11.2 Å². The zero-order valence-corrected chi connectivity index (χ0v) is 27.4. The first kappa shape index (κ1) is 32.3. The standard InChI is InChI=1S/C37H35FN10O2/c1-45-35-30(36(50)48(45)33-8-4-5-15-41-33)22-42-37(44-35)43-26-10-12-27(13-11-26)47-18-16-46(17-19-47)23-25-20-24(9-14-31(25)38)21-32(39)28-6-2-3-7-29(28)34(40)49/h2-15,20,22,39H,16-19,21,23H2,1H3,(H2,40,49)(H,42,43,44). The molecule has 0 atom stereocenters. The van der Waals surface area contributed by atoms with E-state index in [-0.39, 0.29) is 23.5 Å². The third kappa shape index (κ3) is 6.58. The SMILES string of the molecule is Cn1c2nc(Nc3ccc(N4CCN(Cc5cc(CC(=N)c6ccccc6C(N)=O)ccc5F)CC4)cc3)ncc2c(=O)n1-c1ccccn1. The summed E-state index contributed by atoms with van der Waals surface area (Å²) in [5.41, 5.74) is 10.1. The molecule has 1 saturated heterocycles. The Morgan fingerprint density at radius 1 is 0.940 bits per heavy atom. The Morgan fingerprint density at radius 2 is 1.68 bits per heavy atom. The molecule has 1 aliphatic rings. The lowest BCUT2D eigenvalue weighted by Gasteiger charge is -2.36. The molecule has 0 unspecified atom stereocenters. The van der Waals surface area contributed by atoms with Crippen molar-refractivity contribution < 1.29 is 9.18 Å². The molecule has 1 aliphatic heterocycles. The number of hydrogen-bond donors (Lipinski definition) is 3. The smallest absolute Gasteiger partial charge is 0.283 e. The van der Waals surface area contributed by atoms with Crippen molar-refractivity contribution in [2.24, 2.45) is 12.8 Å². The molecule has 12 nitrogen and oxygen atoms in total. The molecule has 1 fully saturated rings. The topological polar surface area (TPSA) is 151 Å². The van der Waals surface area contributed by atoms with Gasteiger partial charge in [0, 0.05) is 92.4 Å². The second-order valence-electron chi connectivity index (χ2n) is 12.2. The van der Waals surface area contributed by atoms with Gasteiger partial charge in [-0.05, 0) is 54.1 Å². The quantitative estimate of drug-likeness (QED) is 0.181. The fourth-order valence-corrected chi connectivity index (χ4v) is 6.32. The predicted octanol–water partition coefficient (Wildman–Crippen LogP) is 4.43. The van der Waals surface area contributed by atoms with Crippen molar-refractivity contribution in [3.63, 3.8) is 0 Å². The molecule has 252 valence electrons. The predicted molar refractivity (Wildman–Crippen MR) is 191 cm³/mol. The van der Waals surface area contributed by atoms with Gasteiger partial charge in [-0.15, -0.1) is 0 Å². The van der Waals surface area contributed by atoms with Gasteiger partial charge in [-0.2, -0.15) is 9.67 Å². The molecular formula is C37H35FN10O2. The molecule has 6 aromatic rings. The van der Waals surface area contributed by atoms with Crippen LogP contribution >= 0.6 is 0 Å². The van der Waals surface area contributed by atoms with Crippen molar-refractivity contribution in [3.8, 4) is 5.82 Å². The number of halogens is 1. The number of anilines is 3. The van der Waals surface area contributed by atoms with Gasteiger partial charge in [-0.1, -0.05) is 36.4 Å². The molecule has 0 spiro atoms. The second-order valence-corrected chi connectivity index (χ2v) is 12.2. The van der Waals surface area contributed by atoms with Gasteiger partial charge in [0.15, 0.2) is 11.5 Å². The maximum Gasteiger partial charge on any atom is 0.283 e. The number of carbonyl (C=O) groups is 1. The van der Waals surface area contributed by atoms with E-state index in [1.165, 1.54) is 16.9 Å². The third-order valence-corrected chi connectivity index (χ3v) is 8.93. The normalized spacial score (nSPS) is 13.4. The lowest BCUT2D eigenvalue weighted by atomic mass is 9.96. The Hall–Kier alpha value is -6.21. The van der Waals surface area contributed by atoms with Crippen LogP contribution in [0.15, 0.2) is 102 Å². The van der Waals surface area contributed by atoms with Crippen LogP contribution in [0.5, 0.6) is 0 Å². The number of primary amides is 1. The average Bonchev–Trinajstić information content (AvgIpc) is 3.38. The number of fused-ring (bicyclic) bond motifs is 1. The summed E-state index contributed by atoms with van der Waals surface area (Å²) in [7, 11) is 1.76. The maximum atomic E-state index is 14.9. The monoisotopic (exact) mass is 670 g/mol. The van der Waals surface area contributed by atoms with Gasteiger partial charge in [0.1, 0.15) is 11.2 Å². The minimum absolute atomic E-state index is 0.238. The molecule has 3 aromatic heterocycles. The molecule has 0 aliphatic carbocycles. The van der Waals surface area contributed by atoms with Gasteiger partial charge in [-0.3, -0.25) is 19.2 Å². The van der Waals surface area contributed by atoms with Crippen LogP contribution in [-0.2, 0) is 20.0 Å². The highest BCUT2D eigenvalue weighted by molar-refractivity contribution is 6.09. The van der Waals surface area contributed by atoms with Crippen molar-refractivity contribution in [3.05, 3.63) is 136 Å². The van der Waals surface area contributed by atoms with E-state index in [1.807, 2.05) is 36.4 Å². The summed E-state index contributed by atoms with van der Waals surface area (Å²) < 4.78 is 18.0. The van der Waals surface area contributed by atoms with Crippen molar-refractivity contribution in [1.29, 1.82) is 5.41 Å². The van der Waals surface area contributed by atoms with E-state index >= 15 is 0 Å². The van der Waals surface area contributed by atoms with E-state index in [2.05, 4.69) is 30.1 Å². The van der Waals surface area contributed by atoms with E-state index in [0.717, 1.165) is 43.1 Å².